The summed E-state index contributed by atoms with van der Waals surface area (Å²) in [4.78, 5) is 4.36. The third-order valence-electron chi connectivity index (χ3n) is 2.88. The van der Waals surface area contributed by atoms with Crippen LogP contribution >= 0.6 is 0 Å². The third-order valence-corrected chi connectivity index (χ3v) is 2.88. The van der Waals surface area contributed by atoms with Crippen molar-refractivity contribution < 1.29 is 9.63 Å². The molecule has 2 aromatic rings. The maximum Gasteiger partial charge on any atom is 0.243 e. The number of rotatable bonds is 4. The molecule has 0 saturated heterocycles. The summed E-state index contributed by atoms with van der Waals surface area (Å²) in [5.41, 5.74) is 7.22. The van der Waals surface area contributed by atoms with Gasteiger partial charge in [0, 0.05) is 6.42 Å². The van der Waals surface area contributed by atoms with Crippen LogP contribution in [0.25, 0.3) is 0 Å². The van der Waals surface area contributed by atoms with Gasteiger partial charge >= 0.3 is 0 Å². The van der Waals surface area contributed by atoms with Gasteiger partial charge < -0.3 is 15.4 Å². The molecule has 0 aliphatic carbocycles. The Hall–Kier alpha value is -1.88. The second kappa shape index (κ2) is 5.63. The van der Waals surface area contributed by atoms with Crippen molar-refractivity contribution >= 4 is 0 Å². The minimum Gasteiger partial charge on any atom is -0.508 e. The topological polar surface area (TPSA) is 85.2 Å². The molecule has 0 radical (unpaired) electrons. The fourth-order valence-corrected chi connectivity index (χ4v) is 1.94. The van der Waals surface area contributed by atoms with E-state index in [1.54, 1.807) is 12.1 Å². The van der Waals surface area contributed by atoms with E-state index in [0.29, 0.717) is 18.1 Å². The second-order valence-electron chi connectivity index (χ2n) is 6.26. The minimum atomic E-state index is -0.333. The fraction of sp³-hybridized carbons (Fsp3) is 0.467. The highest BCUT2D eigenvalue weighted by Crippen LogP contribution is 2.21. The Bertz CT molecular complexity index is 555. The number of nitrogens with two attached hydrogens (primary N) is 1. The average Bonchev–Trinajstić information content (AvgIpc) is 2.78. The zero-order valence-corrected chi connectivity index (χ0v) is 12.1. The molecule has 0 saturated carbocycles. The van der Waals surface area contributed by atoms with E-state index in [4.69, 9.17) is 10.3 Å². The zero-order valence-electron chi connectivity index (χ0n) is 12.1. The predicted molar refractivity (Wildman–Crippen MR) is 76.2 cm³/mol. The summed E-state index contributed by atoms with van der Waals surface area (Å²) in [7, 11) is 0. The van der Waals surface area contributed by atoms with E-state index in [1.165, 1.54) is 0 Å². The molecule has 20 heavy (non-hydrogen) atoms. The highest BCUT2D eigenvalue weighted by atomic mass is 16.5. The first-order valence-electron chi connectivity index (χ1n) is 6.69. The van der Waals surface area contributed by atoms with E-state index >= 15 is 0 Å². The molecule has 1 heterocycles. The van der Waals surface area contributed by atoms with E-state index in [2.05, 4.69) is 30.9 Å². The largest absolute Gasteiger partial charge is 0.508 e. The van der Waals surface area contributed by atoms with Gasteiger partial charge in [0.25, 0.3) is 0 Å². The summed E-state index contributed by atoms with van der Waals surface area (Å²) in [6, 6.07) is 6.62. The van der Waals surface area contributed by atoms with Crippen LogP contribution in [-0.4, -0.2) is 15.2 Å². The van der Waals surface area contributed by atoms with Crippen LogP contribution in [-0.2, 0) is 12.8 Å². The highest BCUT2D eigenvalue weighted by molar-refractivity contribution is 5.26. The lowest BCUT2D eigenvalue weighted by atomic mass is 9.92. The number of benzene rings is 1. The normalized spacial score (nSPS) is 13.4. The van der Waals surface area contributed by atoms with Gasteiger partial charge in [0.05, 0.1) is 6.04 Å². The molecular weight excluding hydrogens is 254 g/mol. The Morgan fingerprint density at radius 1 is 1.25 bits per heavy atom. The Labute approximate surface area is 118 Å². The highest BCUT2D eigenvalue weighted by Gasteiger charge is 2.19. The molecule has 2 rings (SSSR count). The summed E-state index contributed by atoms with van der Waals surface area (Å²) in [5, 5.41) is 13.2. The van der Waals surface area contributed by atoms with Gasteiger partial charge in [-0.05, 0) is 29.5 Å². The van der Waals surface area contributed by atoms with E-state index in [0.717, 1.165) is 12.0 Å². The number of nitrogens with zero attached hydrogens (tertiary/aromatic N) is 2. The lowest BCUT2D eigenvalue weighted by Crippen LogP contribution is -2.14. The van der Waals surface area contributed by atoms with Crippen LogP contribution in [0.15, 0.2) is 28.8 Å². The van der Waals surface area contributed by atoms with E-state index < -0.39 is 0 Å². The van der Waals surface area contributed by atoms with Gasteiger partial charge in [-0.2, -0.15) is 4.98 Å². The minimum absolute atomic E-state index is 0.113. The van der Waals surface area contributed by atoms with Crippen molar-refractivity contribution in [1.82, 2.24) is 10.1 Å². The molecule has 5 heteroatoms. The number of aromatic hydroxyl groups is 1. The van der Waals surface area contributed by atoms with Crippen LogP contribution < -0.4 is 5.73 Å². The molecule has 5 nitrogen and oxygen atoms in total. The smallest absolute Gasteiger partial charge is 0.243 e. The summed E-state index contributed by atoms with van der Waals surface area (Å²) in [6.07, 6.45) is 1.35. The van der Waals surface area contributed by atoms with Crippen LogP contribution in [0.1, 0.15) is 44.1 Å². The lowest BCUT2D eigenvalue weighted by Gasteiger charge is -2.14. The molecule has 108 valence electrons. The van der Waals surface area contributed by atoms with Crippen molar-refractivity contribution in [1.29, 1.82) is 0 Å². The number of hydrogen-bond donors (Lipinski definition) is 2. The summed E-state index contributed by atoms with van der Waals surface area (Å²) < 4.78 is 5.23. The number of hydrogen-bond acceptors (Lipinski definition) is 5. The fourth-order valence-electron chi connectivity index (χ4n) is 1.94. The molecule has 0 aliphatic rings. The molecule has 0 spiro atoms. The molecule has 0 bridgehead atoms. The Morgan fingerprint density at radius 2 is 1.90 bits per heavy atom. The van der Waals surface area contributed by atoms with Crippen LogP contribution in [0.5, 0.6) is 5.75 Å². The van der Waals surface area contributed by atoms with Crippen molar-refractivity contribution in [3.63, 3.8) is 0 Å². The van der Waals surface area contributed by atoms with Gasteiger partial charge in [-0.1, -0.05) is 38.1 Å². The van der Waals surface area contributed by atoms with Crippen LogP contribution in [0.4, 0.5) is 0 Å². The SMILES string of the molecule is CC(C)(C)Cc1noc([C@@H](N)Cc2ccc(O)cc2)n1. The monoisotopic (exact) mass is 275 g/mol. The van der Waals surface area contributed by atoms with Gasteiger partial charge in [-0.15, -0.1) is 0 Å². The first-order chi connectivity index (χ1) is 9.33. The molecule has 1 aromatic heterocycles. The van der Waals surface area contributed by atoms with E-state index in [-0.39, 0.29) is 17.2 Å². The van der Waals surface area contributed by atoms with E-state index in [9.17, 15) is 5.11 Å². The lowest BCUT2D eigenvalue weighted by molar-refractivity contribution is 0.339. The van der Waals surface area contributed by atoms with Crippen molar-refractivity contribution in [2.45, 2.75) is 39.7 Å². The maximum atomic E-state index is 9.25. The molecule has 0 amide bonds. The van der Waals surface area contributed by atoms with Gasteiger partial charge in [0.2, 0.25) is 5.89 Å². The van der Waals surface area contributed by atoms with Crippen LogP contribution in [0, 0.1) is 5.41 Å². The number of phenolic OH excluding ortho intramolecular Hbond substituents is 1. The number of phenols is 1. The Kier molecular flexibility index (Phi) is 4.09. The molecule has 0 unspecified atom stereocenters. The van der Waals surface area contributed by atoms with Crippen molar-refractivity contribution in [2.24, 2.45) is 11.1 Å². The first kappa shape index (κ1) is 14.5. The first-order valence-corrected chi connectivity index (χ1v) is 6.69. The third kappa shape index (κ3) is 4.06. The van der Waals surface area contributed by atoms with E-state index in [1.807, 2.05) is 12.1 Å². The van der Waals surface area contributed by atoms with Gasteiger partial charge in [-0.25, -0.2) is 0 Å². The van der Waals surface area contributed by atoms with Crippen LogP contribution in [0.3, 0.4) is 0 Å². The predicted octanol–water partition coefficient (Wildman–Crippen LogP) is 2.61. The Morgan fingerprint density at radius 3 is 2.50 bits per heavy atom. The van der Waals surface area contributed by atoms with Gasteiger partial charge in [0.1, 0.15) is 5.75 Å². The van der Waals surface area contributed by atoms with Gasteiger partial charge in [0.15, 0.2) is 5.82 Å². The summed E-state index contributed by atoms with van der Waals surface area (Å²) in [6.45, 7) is 6.37. The molecule has 1 aromatic carbocycles. The molecule has 1 atom stereocenters. The summed E-state index contributed by atoms with van der Waals surface area (Å²) >= 11 is 0. The maximum absolute atomic E-state index is 9.25. The molecule has 0 aliphatic heterocycles. The Balaban J connectivity index is 2.02. The number of aromatic nitrogens is 2. The molecule has 0 fully saturated rings. The van der Waals surface area contributed by atoms with Gasteiger partial charge in [-0.3, -0.25) is 0 Å². The van der Waals surface area contributed by atoms with Crippen LogP contribution in [0.2, 0.25) is 0 Å². The molecule has 3 N–H and O–H groups in total. The van der Waals surface area contributed by atoms with Crippen molar-refractivity contribution in [3.05, 3.63) is 41.5 Å². The quantitative estimate of drug-likeness (QED) is 0.895. The van der Waals surface area contributed by atoms with Crippen molar-refractivity contribution in [3.8, 4) is 5.75 Å². The standard InChI is InChI=1S/C15H21N3O2/c1-15(2,3)9-13-17-14(20-18-13)12(16)8-10-4-6-11(19)7-5-10/h4-7,12,19H,8-9,16H2,1-3H3/t12-/m0/s1. The summed E-state index contributed by atoms with van der Waals surface area (Å²) in [5.74, 6) is 1.39. The second-order valence-corrected chi connectivity index (χ2v) is 6.26. The average molecular weight is 275 g/mol. The zero-order chi connectivity index (χ0) is 14.8. The van der Waals surface area contributed by atoms with Crippen molar-refractivity contribution in [2.75, 3.05) is 0 Å². The molecular formula is C15H21N3O2.